The summed E-state index contributed by atoms with van der Waals surface area (Å²) in [6, 6.07) is 10.1. The molecule has 1 aliphatic carbocycles. The summed E-state index contributed by atoms with van der Waals surface area (Å²) in [6.45, 7) is 7.05. The summed E-state index contributed by atoms with van der Waals surface area (Å²) in [4.78, 5) is 6.88. The lowest BCUT2D eigenvalue weighted by Crippen LogP contribution is -2.47. The summed E-state index contributed by atoms with van der Waals surface area (Å²) in [5.74, 6) is 1.35. The number of guanidine groups is 1. The number of rotatable bonds is 7. The van der Waals surface area contributed by atoms with Gasteiger partial charge in [0.1, 0.15) is 0 Å². The van der Waals surface area contributed by atoms with Gasteiger partial charge in [-0.25, -0.2) is 0 Å². The van der Waals surface area contributed by atoms with E-state index >= 15 is 0 Å². The van der Waals surface area contributed by atoms with Gasteiger partial charge in [0.25, 0.3) is 0 Å². The van der Waals surface area contributed by atoms with Crippen LogP contribution in [0.3, 0.4) is 0 Å². The molecule has 0 radical (unpaired) electrons. The van der Waals surface area contributed by atoms with Gasteiger partial charge >= 0.3 is 0 Å². The second-order valence-electron chi connectivity index (χ2n) is 8.18. The van der Waals surface area contributed by atoms with E-state index in [4.69, 9.17) is 4.74 Å². The van der Waals surface area contributed by atoms with Gasteiger partial charge in [0.05, 0.1) is 6.10 Å². The van der Waals surface area contributed by atoms with Crippen LogP contribution in [-0.2, 0) is 4.74 Å². The van der Waals surface area contributed by atoms with Crippen molar-refractivity contribution in [1.82, 2.24) is 15.5 Å². The maximum absolute atomic E-state index is 6.14. The van der Waals surface area contributed by atoms with E-state index in [1.54, 1.807) is 0 Å². The first-order valence-corrected chi connectivity index (χ1v) is 10.4. The Kier molecular flexibility index (Phi) is 9.50. The minimum atomic E-state index is 0. The molecule has 3 atom stereocenters. The normalized spacial score (nSPS) is 23.8. The molecule has 158 valence electrons. The van der Waals surface area contributed by atoms with E-state index in [1.165, 1.54) is 30.4 Å². The average molecular weight is 500 g/mol. The second-order valence-corrected chi connectivity index (χ2v) is 8.18. The fourth-order valence-corrected chi connectivity index (χ4v) is 3.86. The molecule has 2 fully saturated rings. The zero-order chi connectivity index (χ0) is 19.2. The smallest absolute Gasteiger partial charge is 0.191 e. The predicted octanol–water partition coefficient (Wildman–Crippen LogP) is 3.73. The van der Waals surface area contributed by atoms with Crippen molar-refractivity contribution in [3.05, 3.63) is 35.4 Å². The molecule has 1 heterocycles. The number of hydrogen-bond acceptors (Lipinski definition) is 3. The van der Waals surface area contributed by atoms with Gasteiger partial charge in [-0.3, -0.25) is 9.89 Å². The number of nitrogens with one attached hydrogen (secondary N) is 2. The maximum atomic E-state index is 6.14. The van der Waals surface area contributed by atoms with Crippen LogP contribution in [-0.4, -0.2) is 56.7 Å². The number of ether oxygens (including phenoxy) is 1. The molecule has 2 N–H and O–H groups in total. The fraction of sp³-hybridized carbons (Fsp3) is 0.682. The molecule has 1 aromatic rings. The number of halogens is 1. The largest absolute Gasteiger partial charge is 0.373 e. The van der Waals surface area contributed by atoms with Gasteiger partial charge in [-0.15, -0.1) is 24.0 Å². The second kappa shape index (κ2) is 11.4. The lowest BCUT2D eigenvalue weighted by molar-refractivity contribution is -0.0265. The van der Waals surface area contributed by atoms with Crippen LogP contribution in [0.5, 0.6) is 0 Å². The van der Waals surface area contributed by atoms with Gasteiger partial charge in [0, 0.05) is 44.7 Å². The highest BCUT2D eigenvalue weighted by molar-refractivity contribution is 14.0. The number of aliphatic imine (C=N–C) groups is 1. The Hall–Kier alpha value is -0.860. The van der Waals surface area contributed by atoms with Crippen molar-refractivity contribution in [2.45, 2.75) is 57.7 Å². The Morgan fingerprint density at radius 1 is 1.21 bits per heavy atom. The third-order valence-electron chi connectivity index (χ3n) is 5.99. The van der Waals surface area contributed by atoms with Crippen LogP contribution in [0.4, 0.5) is 0 Å². The van der Waals surface area contributed by atoms with Crippen LogP contribution < -0.4 is 10.6 Å². The van der Waals surface area contributed by atoms with Gasteiger partial charge in [-0.1, -0.05) is 29.8 Å². The van der Waals surface area contributed by atoms with E-state index in [9.17, 15) is 0 Å². The molecular weight excluding hydrogens is 463 g/mol. The first-order valence-electron chi connectivity index (χ1n) is 10.4. The van der Waals surface area contributed by atoms with Crippen molar-refractivity contribution in [3.63, 3.8) is 0 Å². The van der Waals surface area contributed by atoms with Gasteiger partial charge in [-0.2, -0.15) is 0 Å². The predicted molar refractivity (Wildman–Crippen MR) is 128 cm³/mol. The Bertz CT molecular complexity index is 617. The first kappa shape index (κ1) is 23.4. The summed E-state index contributed by atoms with van der Waals surface area (Å²) >= 11 is 0. The average Bonchev–Trinajstić information content (AvgIpc) is 3.53. The number of aryl methyl sites for hydroxylation is 1. The van der Waals surface area contributed by atoms with Crippen LogP contribution in [0.2, 0.25) is 0 Å². The van der Waals surface area contributed by atoms with Crippen LogP contribution in [0.25, 0.3) is 0 Å². The van der Waals surface area contributed by atoms with Crippen molar-refractivity contribution in [1.29, 1.82) is 0 Å². The van der Waals surface area contributed by atoms with Crippen LogP contribution in [0.1, 0.15) is 49.8 Å². The third kappa shape index (κ3) is 6.59. The maximum Gasteiger partial charge on any atom is 0.191 e. The number of hydrogen-bond donors (Lipinski definition) is 2. The van der Waals surface area contributed by atoms with Crippen molar-refractivity contribution >= 4 is 29.9 Å². The van der Waals surface area contributed by atoms with Gasteiger partial charge in [0.2, 0.25) is 0 Å². The minimum Gasteiger partial charge on any atom is -0.373 e. The molecule has 2 aliphatic rings. The molecule has 1 saturated heterocycles. The monoisotopic (exact) mass is 500 g/mol. The number of benzene rings is 1. The van der Waals surface area contributed by atoms with Crippen LogP contribution in [0, 0.1) is 12.8 Å². The van der Waals surface area contributed by atoms with Crippen molar-refractivity contribution in [2.75, 3.05) is 33.8 Å². The number of likely N-dealkylation sites (N-methyl/N-ethyl adjacent to an activating group) is 1. The molecular formula is C22H37IN4O. The highest BCUT2D eigenvalue weighted by Crippen LogP contribution is 2.33. The van der Waals surface area contributed by atoms with Gasteiger partial charge in [-0.05, 0) is 52.1 Å². The molecule has 0 bridgehead atoms. The lowest BCUT2D eigenvalue weighted by atomic mass is 9.89. The first-order chi connectivity index (χ1) is 13.1. The minimum absolute atomic E-state index is 0. The van der Waals surface area contributed by atoms with E-state index in [0.717, 1.165) is 38.1 Å². The molecule has 1 saturated carbocycles. The summed E-state index contributed by atoms with van der Waals surface area (Å²) in [5, 5.41) is 7.02. The van der Waals surface area contributed by atoms with Crippen molar-refractivity contribution in [3.8, 4) is 0 Å². The molecule has 1 aromatic carbocycles. The Labute approximate surface area is 187 Å². The van der Waals surface area contributed by atoms with E-state index in [2.05, 4.69) is 65.7 Å². The van der Waals surface area contributed by atoms with Crippen LogP contribution in [0.15, 0.2) is 29.3 Å². The Balaban J connectivity index is 0.00000280. The summed E-state index contributed by atoms with van der Waals surface area (Å²) in [5.41, 5.74) is 2.58. The van der Waals surface area contributed by atoms with Crippen molar-refractivity contribution in [2.24, 2.45) is 10.9 Å². The zero-order valence-corrected chi connectivity index (χ0v) is 20.1. The topological polar surface area (TPSA) is 48.9 Å². The van der Waals surface area contributed by atoms with Gasteiger partial charge in [0.15, 0.2) is 5.96 Å². The van der Waals surface area contributed by atoms with Crippen LogP contribution >= 0.6 is 24.0 Å². The Morgan fingerprint density at radius 2 is 1.93 bits per heavy atom. The summed E-state index contributed by atoms with van der Waals surface area (Å²) in [7, 11) is 4.07. The standard InChI is InChI=1S/C22H36N4O.HI/c1-16-7-9-18(10-8-16)21-19(6-5-13-27-21)15-25-22(23-3)24-14-17(2)26(4)20-11-12-20;/h7-10,17,19-21H,5-6,11-15H2,1-4H3,(H2,23,24,25);1H. The number of nitrogens with zero attached hydrogens (tertiary/aromatic N) is 2. The van der Waals surface area contributed by atoms with E-state index in [0.29, 0.717) is 12.0 Å². The fourth-order valence-electron chi connectivity index (χ4n) is 3.86. The SMILES string of the molecule is CN=C(NCC1CCCOC1c1ccc(C)cc1)NCC(C)N(C)C1CC1.I. The third-order valence-corrected chi connectivity index (χ3v) is 5.99. The van der Waals surface area contributed by atoms with E-state index in [1.807, 2.05) is 7.05 Å². The molecule has 28 heavy (non-hydrogen) atoms. The summed E-state index contributed by atoms with van der Waals surface area (Å²) in [6.07, 6.45) is 5.17. The highest BCUT2D eigenvalue weighted by Gasteiger charge is 2.29. The molecule has 6 heteroatoms. The zero-order valence-electron chi connectivity index (χ0n) is 17.8. The molecule has 0 aromatic heterocycles. The summed E-state index contributed by atoms with van der Waals surface area (Å²) < 4.78 is 6.14. The van der Waals surface area contributed by atoms with E-state index < -0.39 is 0 Å². The van der Waals surface area contributed by atoms with E-state index in [-0.39, 0.29) is 30.1 Å². The quantitative estimate of drug-likeness (QED) is 0.341. The molecule has 1 aliphatic heterocycles. The Morgan fingerprint density at radius 3 is 2.57 bits per heavy atom. The lowest BCUT2D eigenvalue weighted by Gasteiger charge is -2.33. The molecule has 5 nitrogen and oxygen atoms in total. The highest BCUT2D eigenvalue weighted by atomic mass is 127. The molecule has 3 rings (SSSR count). The van der Waals surface area contributed by atoms with Gasteiger partial charge < -0.3 is 15.4 Å². The molecule has 0 spiro atoms. The van der Waals surface area contributed by atoms with Crippen molar-refractivity contribution < 1.29 is 4.74 Å². The molecule has 3 unspecified atom stereocenters. The molecule has 0 amide bonds.